The van der Waals surface area contributed by atoms with Crippen LogP contribution in [0.3, 0.4) is 0 Å². The van der Waals surface area contributed by atoms with E-state index in [4.69, 9.17) is 5.11 Å². The standard InChI is InChI=1S/C11H15NO4S/c1-8-4-3-5-9(11(13)14)10(8)12-6-7-17(2,15)16/h3-5,12H,6-7H2,1-2H3,(H,13,14). The number of nitrogens with one attached hydrogen (secondary N) is 1. The molecule has 0 saturated carbocycles. The first kappa shape index (κ1) is 13.5. The summed E-state index contributed by atoms with van der Waals surface area (Å²) in [4.78, 5) is 11.0. The summed E-state index contributed by atoms with van der Waals surface area (Å²) in [7, 11) is -3.05. The summed E-state index contributed by atoms with van der Waals surface area (Å²) in [5, 5.41) is 11.9. The predicted octanol–water partition coefficient (Wildman–Crippen LogP) is 1.15. The summed E-state index contributed by atoms with van der Waals surface area (Å²) in [5.41, 5.74) is 1.40. The van der Waals surface area contributed by atoms with Crippen LogP contribution in [-0.2, 0) is 9.84 Å². The molecule has 0 aliphatic heterocycles. The van der Waals surface area contributed by atoms with E-state index >= 15 is 0 Å². The van der Waals surface area contributed by atoms with E-state index in [0.29, 0.717) is 5.69 Å². The second-order valence-electron chi connectivity index (χ2n) is 3.86. The van der Waals surface area contributed by atoms with Gasteiger partial charge in [-0.15, -0.1) is 0 Å². The van der Waals surface area contributed by atoms with Gasteiger partial charge in [-0.1, -0.05) is 12.1 Å². The van der Waals surface area contributed by atoms with Crippen molar-refractivity contribution in [1.29, 1.82) is 0 Å². The molecule has 94 valence electrons. The van der Waals surface area contributed by atoms with Crippen molar-refractivity contribution in [3.8, 4) is 0 Å². The smallest absolute Gasteiger partial charge is 0.337 e. The molecule has 1 aromatic rings. The Morgan fingerprint density at radius 1 is 1.41 bits per heavy atom. The molecule has 0 unspecified atom stereocenters. The first-order chi connectivity index (χ1) is 7.81. The average molecular weight is 257 g/mol. The fourth-order valence-corrected chi connectivity index (χ4v) is 1.91. The van der Waals surface area contributed by atoms with E-state index in [1.807, 2.05) is 0 Å². The second kappa shape index (κ2) is 5.18. The van der Waals surface area contributed by atoms with Gasteiger partial charge < -0.3 is 10.4 Å². The lowest BCUT2D eigenvalue weighted by atomic mass is 10.1. The highest BCUT2D eigenvalue weighted by Crippen LogP contribution is 2.20. The van der Waals surface area contributed by atoms with E-state index in [2.05, 4.69) is 5.32 Å². The van der Waals surface area contributed by atoms with Gasteiger partial charge in [0.2, 0.25) is 0 Å². The quantitative estimate of drug-likeness (QED) is 0.826. The molecule has 1 aromatic carbocycles. The lowest BCUT2D eigenvalue weighted by molar-refractivity contribution is 0.0698. The SMILES string of the molecule is Cc1cccc(C(=O)O)c1NCCS(C)(=O)=O. The Balaban J connectivity index is 2.86. The number of para-hydroxylation sites is 1. The molecule has 0 spiro atoms. The van der Waals surface area contributed by atoms with Crippen LogP contribution in [-0.4, -0.2) is 38.0 Å². The molecular weight excluding hydrogens is 242 g/mol. The Labute approximate surface area is 100 Å². The van der Waals surface area contributed by atoms with Gasteiger partial charge in [0.1, 0.15) is 9.84 Å². The third kappa shape index (κ3) is 4.07. The van der Waals surface area contributed by atoms with Crippen molar-refractivity contribution in [3.05, 3.63) is 29.3 Å². The number of anilines is 1. The number of rotatable bonds is 5. The number of carbonyl (C=O) groups is 1. The molecule has 0 fully saturated rings. The van der Waals surface area contributed by atoms with Crippen molar-refractivity contribution < 1.29 is 18.3 Å². The molecule has 5 nitrogen and oxygen atoms in total. The van der Waals surface area contributed by atoms with Crippen molar-refractivity contribution in [1.82, 2.24) is 0 Å². The van der Waals surface area contributed by atoms with Gasteiger partial charge in [-0.05, 0) is 18.6 Å². The minimum Gasteiger partial charge on any atom is -0.478 e. The van der Waals surface area contributed by atoms with E-state index in [0.717, 1.165) is 11.8 Å². The van der Waals surface area contributed by atoms with Crippen molar-refractivity contribution >= 4 is 21.5 Å². The highest BCUT2D eigenvalue weighted by Gasteiger charge is 2.12. The molecule has 17 heavy (non-hydrogen) atoms. The lowest BCUT2D eigenvalue weighted by Crippen LogP contribution is -2.16. The Bertz CT molecular complexity index is 522. The zero-order valence-electron chi connectivity index (χ0n) is 9.73. The molecule has 0 bridgehead atoms. The maximum atomic E-state index is 11.0. The van der Waals surface area contributed by atoms with Crippen LogP contribution in [0, 0.1) is 6.92 Å². The zero-order valence-corrected chi connectivity index (χ0v) is 10.5. The Kier molecular flexibility index (Phi) is 4.11. The van der Waals surface area contributed by atoms with Crippen molar-refractivity contribution in [2.75, 3.05) is 23.9 Å². The number of aromatic carboxylic acids is 1. The van der Waals surface area contributed by atoms with Gasteiger partial charge in [-0.25, -0.2) is 13.2 Å². The highest BCUT2D eigenvalue weighted by molar-refractivity contribution is 7.90. The van der Waals surface area contributed by atoms with Crippen LogP contribution in [0.15, 0.2) is 18.2 Å². The normalized spacial score (nSPS) is 11.2. The maximum Gasteiger partial charge on any atom is 0.337 e. The number of sulfone groups is 1. The zero-order chi connectivity index (χ0) is 13.1. The van der Waals surface area contributed by atoms with Gasteiger partial charge in [0.25, 0.3) is 0 Å². The molecule has 0 heterocycles. The van der Waals surface area contributed by atoms with E-state index in [9.17, 15) is 13.2 Å². The first-order valence-corrected chi connectivity index (χ1v) is 7.12. The fraction of sp³-hybridized carbons (Fsp3) is 0.364. The Hall–Kier alpha value is -1.56. The maximum absolute atomic E-state index is 11.0. The van der Waals surface area contributed by atoms with Gasteiger partial charge >= 0.3 is 5.97 Å². The van der Waals surface area contributed by atoms with E-state index in [1.54, 1.807) is 19.1 Å². The molecule has 0 atom stereocenters. The second-order valence-corrected chi connectivity index (χ2v) is 6.12. The third-order valence-corrected chi connectivity index (χ3v) is 3.22. The predicted molar refractivity (Wildman–Crippen MR) is 66.3 cm³/mol. The number of aryl methyl sites for hydroxylation is 1. The number of benzene rings is 1. The molecule has 2 N–H and O–H groups in total. The van der Waals surface area contributed by atoms with E-state index in [1.165, 1.54) is 6.07 Å². The molecule has 0 radical (unpaired) electrons. The molecule has 0 amide bonds. The Morgan fingerprint density at radius 3 is 2.59 bits per heavy atom. The summed E-state index contributed by atoms with van der Waals surface area (Å²) in [6.45, 7) is 1.97. The van der Waals surface area contributed by atoms with Gasteiger partial charge in [0, 0.05) is 12.8 Å². The third-order valence-electron chi connectivity index (χ3n) is 2.28. The van der Waals surface area contributed by atoms with E-state index < -0.39 is 15.8 Å². The van der Waals surface area contributed by atoms with Crippen LogP contribution in [0.1, 0.15) is 15.9 Å². The van der Waals surface area contributed by atoms with Crippen molar-refractivity contribution in [3.63, 3.8) is 0 Å². The van der Waals surface area contributed by atoms with Crippen LogP contribution in [0.25, 0.3) is 0 Å². The molecule has 6 heteroatoms. The van der Waals surface area contributed by atoms with Crippen molar-refractivity contribution in [2.24, 2.45) is 0 Å². The largest absolute Gasteiger partial charge is 0.478 e. The lowest BCUT2D eigenvalue weighted by Gasteiger charge is -2.11. The summed E-state index contributed by atoms with van der Waals surface area (Å²) in [6, 6.07) is 4.91. The number of carboxylic acids is 1. The van der Waals surface area contributed by atoms with Crippen molar-refractivity contribution in [2.45, 2.75) is 6.92 Å². The minimum atomic E-state index is -3.05. The van der Waals surface area contributed by atoms with Gasteiger partial charge in [-0.2, -0.15) is 0 Å². The molecule has 1 rings (SSSR count). The molecular formula is C11H15NO4S. The first-order valence-electron chi connectivity index (χ1n) is 5.06. The summed E-state index contributed by atoms with van der Waals surface area (Å²) in [5.74, 6) is -1.06. The molecule has 0 aliphatic carbocycles. The molecule has 0 aliphatic rings. The van der Waals surface area contributed by atoms with Crippen LogP contribution >= 0.6 is 0 Å². The number of carboxylic acid groups (broad SMARTS) is 1. The average Bonchev–Trinajstić information content (AvgIpc) is 2.18. The molecule has 0 saturated heterocycles. The molecule has 0 aromatic heterocycles. The summed E-state index contributed by atoms with van der Waals surface area (Å²) in [6.07, 6.45) is 1.14. The van der Waals surface area contributed by atoms with Gasteiger partial charge in [0.05, 0.1) is 17.0 Å². The summed E-state index contributed by atoms with van der Waals surface area (Å²) >= 11 is 0. The topological polar surface area (TPSA) is 83.5 Å². The van der Waals surface area contributed by atoms with E-state index in [-0.39, 0.29) is 17.9 Å². The Morgan fingerprint density at radius 2 is 2.06 bits per heavy atom. The number of hydrogen-bond donors (Lipinski definition) is 2. The monoisotopic (exact) mass is 257 g/mol. The highest BCUT2D eigenvalue weighted by atomic mass is 32.2. The van der Waals surface area contributed by atoms with Gasteiger partial charge in [0.15, 0.2) is 0 Å². The van der Waals surface area contributed by atoms with Gasteiger partial charge in [-0.3, -0.25) is 0 Å². The van der Waals surface area contributed by atoms with Crippen LogP contribution in [0.5, 0.6) is 0 Å². The fourth-order valence-electron chi connectivity index (χ4n) is 1.44. The number of hydrogen-bond acceptors (Lipinski definition) is 4. The van der Waals surface area contributed by atoms with Crippen LogP contribution in [0.4, 0.5) is 5.69 Å². The minimum absolute atomic E-state index is 0.0274. The summed E-state index contributed by atoms with van der Waals surface area (Å²) < 4.78 is 21.9. The van der Waals surface area contributed by atoms with Crippen LogP contribution in [0.2, 0.25) is 0 Å². The van der Waals surface area contributed by atoms with Crippen LogP contribution < -0.4 is 5.32 Å².